The van der Waals surface area contributed by atoms with Crippen molar-refractivity contribution in [3.8, 4) is 5.75 Å². The van der Waals surface area contributed by atoms with Gasteiger partial charge in [-0.2, -0.15) is 0 Å². The third-order valence-electron chi connectivity index (χ3n) is 7.05. The van der Waals surface area contributed by atoms with Crippen LogP contribution in [-0.2, 0) is 21.2 Å². The Morgan fingerprint density at radius 1 is 1.07 bits per heavy atom. The first-order valence-electron chi connectivity index (χ1n) is 13.4. The number of nitrogens with zero attached hydrogens (tertiary/aromatic N) is 2. The van der Waals surface area contributed by atoms with Gasteiger partial charge in [0.15, 0.2) is 0 Å². The Morgan fingerprint density at radius 2 is 1.73 bits per heavy atom. The molecule has 0 bridgehead atoms. The van der Waals surface area contributed by atoms with E-state index in [-0.39, 0.29) is 48.0 Å². The first-order chi connectivity index (χ1) is 19.6. The normalized spacial score (nSPS) is 18.1. The summed E-state index contributed by atoms with van der Waals surface area (Å²) in [6.45, 7) is 4.01. The molecule has 3 atom stereocenters. The molecule has 218 valence electrons. The summed E-state index contributed by atoms with van der Waals surface area (Å²) in [5.74, 6) is -0.00231. The number of nitrogens with one attached hydrogen (secondary N) is 2. The van der Waals surface area contributed by atoms with Crippen molar-refractivity contribution >= 4 is 33.3 Å². The highest BCUT2D eigenvalue weighted by atomic mass is 32.2. The molecule has 10 nitrogen and oxygen atoms in total. The molecule has 1 aliphatic heterocycles. The summed E-state index contributed by atoms with van der Waals surface area (Å²) in [5.41, 5.74) is 1.44. The van der Waals surface area contributed by atoms with Gasteiger partial charge in [-0.3, -0.25) is 9.52 Å². The first kappa shape index (κ1) is 29.9. The number of fused-ring (bicyclic) bond motifs is 1. The van der Waals surface area contributed by atoms with Gasteiger partial charge in [-0.05, 0) is 49.4 Å². The Morgan fingerprint density at radius 3 is 2.39 bits per heavy atom. The zero-order valence-corrected chi connectivity index (χ0v) is 24.2. The second-order valence-electron chi connectivity index (χ2n) is 10.3. The largest absolute Gasteiger partial charge is 0.488 e. The Bertz CT molecular complexity index is 1450. The molecule has 0 unspecified atom stereocenters. The van der Waals surface area contributed by atoms with Crippen molar-refractivity contribution in [3.63, 3.8) is 0 Å². The number of hydrogen-bond donors (Lipinski definition) is 3. The summed E-state index contributed by atoms with van der Waals surface area (Å²) in [6, 6.07) is 21.2. The first-order valence-corrected chi connectivity index (χ1v) is 14.9. The molecule has 3 aromatic carbocycles. The van der Waals surface area contributed by atoms with E-state index in [2.05, 4.69) is 10.0 Å². The number of ether oxygens (including phenoxy) is 1. The van der Waals surface area contributed by atoms with Gasteiger partial charge in [0, 0.05) is 36.4 Å². The summed E-state index contributed by atoms with van der Waals surface area (Å²) < 4.78 is 34.8. The van der Waals surface area contributed by atoms with Gasteiger partial charge in [0.25, 0.3) is 10.0 Å². The van der Waals surface area contributed by atoms with Crippen LogP contribution in [0.25, 0.3) is 0 Å². The molecule has 11 heteroatoms. The Balaban J connectivity index is 1.62. The van der Waals surface area contributed by atoms with Crippen molar-refractivity contribution in [1.29, 1.82) is 0 Å². The van der Waals surface area contributed by atoms with Gasteiger partial charge in [0.1, 0.15) is 11.9 Å². The molecule has 0 spiro atoms. The molecule has 4 rings (SSSR count). The fourth-order valence-corrected chi connectivity index (χ4v) is 5.69. The topological polar surface area (TPSA) is 128 Å². The molecule has 0 saturated carbocycles. The molecule has 0 radical (unpaired) electrons. The highest BCUT2D eigenvalue weighted by molar-refractivity contribution is 7.92. The maximum atomic E-state index is 13.4. The van der Waals surface area contributed by atoms with E-state index in [0.29, 0.717) is 23.5 Å². The number of hydrogen-bond acceptors (Lipinski definition) is 6. The molecule has 0 aliphatic carbocycles. The van der Waals surface area contributed by atoms with E-state index in [1.807, 2.05) is 25.1 Å². The zero-order chi connectivity index (χ0) is 29.6. The number of carbonyl (C=O) groups excluding carboxylic acids is 2. The Hall–Kier alpha value is -4.09. The molecule has 0 saturated heterocycles. The van der Waals surface area contributed by atoms with Crippen LogP contribution in [0.15, 0.2) is 83.8 Å². The molecule has 3 amide bonds. The van der Waals surface area contributed by atoms with E-state index in [4.69, 9.17) is 4.74 Å². The number of carbonyl (C=O) groups is 2. The van der Waals surface area contributed by atoms with Crippen LogP contribution in [0, 0.1) is 5.92 Å². The van der Waals surface area contributed by atoms with Crippen molar-refractivity contribution in [2.24, 2.45) is 5.92 Å². The fraction of sp³-hybridized carbons (Fsp3) is 0.333. The number of para-hydroxylation sites is 1. The average Bonchev–Trinajstić information content (AvgIpc) is 3.01. The fourth-order valence-electron chi connectivity index (χ4n) is 4.62. The van der Waals surface area contributed by atoms with Gasteiger partial charge in [0.2, 0.25) is 5.91 Å². The average molecular weight is 581 g/mol. The maximum absolute atomic E-state index is 13.4. The van der Waals surface area contributed by atoms with Crippen LogP contribution in [0.4, 0.5) is 16.2 Å². The van der Waals surface area contributed by atoms with Crippen molar-refractivity contribution < 1.29 is 27.9 Å². The van der Waals surface area contributed by atoms with Crippen LogP contribution in [0.3, 0.4) is 0 Å². The summed E-state index contributed by atoms with van der Waals surface area (Å²) in [6.07, 6.45) is -0.559. The zero-order valence-electron chi connectivity index (χ0n) is 23.4. The van der Waals surface area contributed by atoms with E-state index >= 15 is 0 Å². The van der Waals surface area contributed by atoms with Gasteiger partial charge < -0.3 is 25.0 Å². The Labute approximate surface area is 241 Å². The minimum absolute atomic E-state index is 0.0512. The number of benzene rings is 3. The smallest absolute Gasteiger partial charge is 0.321 e. The summed E-state index contributed by atoms with van der Waals surface area (Å²) in [7, 11) is -2.18. The van der Waals surface area contributed by atoms with E-state index in [9.17, 15) is 23.1 Å². The van der Waals surface area contributed by atoms with E-state index in [1.165, 1.54) is 17.0 Å². The van der Waals surface area contributed by atoms with E-state index in [0.717, 1.165) is 0 Å². The molecule has 1 heterocycles. The Kier molecular flexibility index (Phi) is 9.51. The van der Waals surface area contributed by atoms with Gasteiger partial charge in [-0.15, -0.1) is 0 Å². The van der Waals surface area contributed by atoms with Crippen LogP contribution in [-0.4, -0.2) is 74.2 Å². The molecule has 1 aliphatic rings. The molecule has 41 heavy (non-hydrogen) atoms. The van der Waals surface area contributed by atoms with Crippen LogP contribution < -0.4 is 14.8 Å². The monoisotopic (exact) mass is 580 g/mol. The predicted molar refractivity (Wildman–Crippen MR) is 157 cm³/mol. The molecular weight excluding hydrogens is 544 g/mol. The van der Waals surface area contributed by atoms with Crippen LogP contribution in [0.1, 0.15) is 19.4 Å². The molecular formula is C30H36N4O6S. The van der Waals surface area contributed by atoms with E-state index in [1.54, 1.807) is 67.4 Å². The number of likely N-dealkylation sites (N-methyl/N-ethyl adjacent to an activating group) is 1. The van der Waals surface area contributed by atoms with Gasteiger partial charge in [-0.1, -0.05) is 43.3 Å². The minimum Gasteiger partial charge on any atom is -0.488 e. The number of aliphatic hydroxyl groups is 1. The lowest BCUT2D eigenvalue weighted by Crippen LogP contribution is -2.48. The third kappa shape index (κ3) is 7.56. The predicted octanol–water partition coefficient (Wildman–Crippen LogP) is 3.80. The van der Waals surface area contributed by atoms with Crippen molar-refractivity contribution in [3.05, 3.63) is 84.4 Å². The highest BCUT2D eigenvalue weighted by Gasteiger charge is 2.32. The minimum atomic E-state index is -3.85. The second kappa shape index (κ2) is 13.0. The number of rotatable bonds is 8. The summed E-state index contributed by atoms with van der Waals surface area (Å²) >= 11 is 0. The third-order valence-corrected chi connectivity index (χ3v) is 8.44. The number of aliphatic hydroxyl groups excluding tert-OH is 1. The van der Waals surface area contributed by atoms with Gasteiger partial charge >= 0.3 is 6.03 Å². The molecule has 0 fully saturated rings. The van der Waals surface area contributed by atoms with Gasteiger partial charge in [-0.25, -0.2) is 13.2 Å². The van der Waals surface area contributed by atoms with Crippen molar-refractivity contribution in [2.75, 3.05) is 36.8 Å². The number of amides is 3. The van der Waals surface area contributed by atoms with Crippen LogP contribution >= 0.6 is 0 Å². The second-order valence-corrected chi connectivity index (χ2v) is 12.0. The quantitative estimate of drug-likeness (QED) is 0.372. The summed E-state index contributed by atoms with van der Waals surface area (Å²) in [4.78, 5) is 29.6. The van der Waals surface area contributed by atoms with Crippen LogP contribution in [0.2, 0.25) is 0 Å². The van der Waals surface area contributed by atoms with Crippen molar-refractivity contribution in [2.45, 2.75) is 37.3 Å². The lowest BCUT2D eigenvalue weighted by atomic mass is 10.0. The molecule has 3 aromatic rings. The standard InChI is InChI=1S/C30H36N4O6S/c1-21-18-34(22(2)20-35)29(36)17-23-16-25(32-41(38,39)26-12-8-5-9-13-26)14-15-27(23)40-28(21)19-33(3)30(37)31-24-10-6-4-7-11-24/h4-16,21-22,28,32,35H,17-20H2,1-3H3,(H,31,37)/t21-,22-,28+/m1/s1. The van der Waals surface area contributed by atoms with E-state index < -0.39 is 22.2 Å². The SMILES string of the molecule is C[C@@H]1CN([C@H](C)CO)C(=O)Cc2cc(NS(=O)(=O)c3ccccc3)ccc2O[C@H]1CN(C)C(=O)Nc1ccccc1. The molecule has 0 aromatic heterocycles. The molecule has 3 N–H and O–H groups in total. The maximum Gasteiger partial charge on any atom is 0.321 e. The number of urea groups is 1. The summed E-state index contributed by atoms with van der Waals surface area (Å²) in [5, 5.41) is 12.7. The number of anilines is 2. The van der Waals surface area contributed by atoms with Crippen molar-refractivity contribution in [1.82, 2.24) is 9.80 Å². The lowest BCUT2D eigenvalue weighted by Gasteiger charge is -2.34. The highest BCUT2D eigenvalue weighted by Crippen LogP contribution is 2.30. The lowest BCUT2D eigenvalue weighted by molar-refractivity contribution is -0.134. The van der Waals surface area contributed by atoms with Gasteiger partial charge in [0.05, 0.1) is 30.5 Å². The number of sulfonamides is 1. The van der Waals surface area contributed by atoms with Crippen LogP contribution in [0.5, 0.6) is 5.75 Å².